The average molecular weight is 482 g/mol. The predicted octanol–water partition coefficient (Wildman–Crippen LogP) is 5.55. The molecule has 184 valence electrons. The van der Waals surface area contributed by atoms with E-state index in [4.69, 9.17) is 5.21 Å². The van der Waals surface area contributed by atoms with Gasteiger partial charge in [-0.2, -0.15) is 0 Å². The number of amides is 1. The number of aromatic nitrogens is 2. The number of hydroxylamine groups is 1. The van der Waals surface area contributed by atoms with Gasteiger partial charge in [-0.25, -0.2) is 24.2 Å². The molecule has 1 amide bonds. The summed E-state index contributed by atoms with van der Waals surface area (Å²) >= 11 is 0. The zero-order valence-electron chi connectivity index (χ0n) is 19.4. The van der Waals surface area contributed by atoms with Crippen LogP contribution in [0.4, 0.5) is 8.78 Å². The van der Waals surface area contributed by atoms with Gasteiger partial charge in [-0.1, -0.05) is 43.5 Å². The number of unbranched alkanes of at least 4 members (excludes halogenated alkanes) is 4. The largest absolute Gasteiger partial charge is 0.294 e. The molecule has 0 saturated heterocycles. The lowest BCUT2D eigenvalue weighted by atomic mass is 9.88. The van der Waals surface area contributed by atoms with Gasteiger partial charge in [-0.3, -0.25) is 14.8 Å². The highest BCUT2D eigenvalue weighted by Gasteiger charge is 2.17. The molecule has 2 N–H and O–H groups in total. The fourth-order valence-corrected chi connectivity index (χ4v) is 3.91. The van der Waals surface area contributed by atoms with Gasteiger partial charge in [0.05, 0.1) is 5.56 Å². The smallest absolute Gasteiger partial charge is 0.243 e. The van der Waals surface area contributed by atoms with Crippen molar-refractivity contribution in [3.8, 4) is 0 Å². The third-order valence-corrected chi connectivity index (χ3v) is 5.89. The maximum absolute atomic E-state index is 13.4. The van der Waals surface area contributed by atoms with Crippen LogP contribution in [0.2, 0.25) is 0 Å². The maximum atomic E-state index is 13.4. The van der Waals surface area contributed by atoms with E-state index in [1.165, 1.54) is 36.7 Å². The van der Waals surface area contributed by atoms with E-state index >= 15 is 0 Å². The average Bonchev–Trinajstić information content (AvgIpc) is 2.88. The lowest BCUT2D eigenvalue weighted by Gasteiger charge is -2.17. The van der Waals surface area contributed by atoms with Crippen LogP contribution >= 0.6 is 0 Å². The standard InChI is InChI=1S/C27H29F2N3O3/c28-22-12-8-19(9-13-22)24(20-10-14-23(29)15-11-20)16-26-30-17-21(18-31-26)25(33)6-4-2-1-3-5-7-27(34)32-35/h8-15,17-18,24,35H,1-7,16H2,(H,32,34). The first-order chi connectivity index (χ1) is 17.0. The van der Waals surface area contributed by atoms with Crippen molar-refractivity contribution in [2.75, 3.05) is 0 Å². The second kappa shape index (κ2) is 13.4. The molecule has 8 heteroatoms. The van der Waals surface area contributed by atoms with Crippen molar-refractivity contribution in [1.29, 1.82) is 0 Å². The first kappa shape index (κ1) is 26.1. The van der Waals surface area contributed by atoms with Crippen LogP contribution in [0.25, 0.3) is 0 Å². The summed E-state index contributed by atoms with van der Waals surface area (Å²) in [6.07, 6.45) is 8.27. The van der Waals surface area contributed by atoms with Gasteiger partial charge in [0.15, 0.2) is 5.78 Å². The molecule has 3 rings (SSSR count). The van der Waals surface area contributed by atoms with Gasteiger partial charge in [0.25, 0.3) is 0 Å². The zero-order valence-corrected chi connectivity index (χ0v) is 19.4. The van der Waals surface area contributed by atoms with Gasteiger partial charge < -0.3 is 0 Å². The fourth-order valence-electron chi connectivity index (χ4n) is 3.91. The molecule has 0 bridgehead atoms. The van der Waals surface area contributed by atoms with Crippen molar-refractivity contribution in [2.24, 2.45) is 0 Å². The van der Waals surface area contributed by atoms with E-state index in [1.54, 1.807) is 29.7 Å². The monoisotopic (exact) mass is 481 g/mol. The fraction of sp³-hybridized carbons (Fsp3) is 0.333. The number of Topliss-reactive ketones (excluding diaryl/α,β-unsaturated/α-hetero) is 1. The number of hydrogen-bond acceptors (Lipinski definition) is 5. The van der Waals surface area contributed by atoms with Gasteiger partial charge in [-0.15, -0.1) is 0 Å². The van der Waals surface area contributed by atoms with E-state index < -0.39 is 0 Å². The van der Waals surface area contributed by atoms with Crippen LogP contribution in [0, 0.1) is 11.6 Å². The minimum absolute atomic E-state index is 0.0233. The van der Waals surface area contributed by atoms with Gasteiger partial charge in [-0.05, 0) is 48.2 Å². The Morgan fingerprint density at radius 3 is 1.77 bits per heavy atom. The molecule has 6 nitrogen and oxygen atoms in total. The second-order valence-corrected chi connectivity index (χ2v) is 8.47. The SMILES string of the molecule is O=C(CCCCCCCC(=O)c1cnc(CC(c2ccc(F)cc2)c2ccc(F)cc2)nc1)NO. The number of ketones is 1. The van der Waals surface area contributed by atoms with Crippen LogP contribution in [0.15, 0.2) is 60.9 Å². The number of benzene rings is 2. The summed E-state index contributed by atoms with van der Waals surface area (Å²) in [6, 6.07) is 12.3. The number of nitrogens with zero attached hydrogens (tertiary/aromatic N) is 2. The molecule has 1 aromatic heterocycles. The highest BCUT2D eigenvalue weighted by atomic mass is 19.1. The van der Waals surface area contributed by atoms with Crippen LogP contribution in [-0.4, -0.2) is 26.9 Å². The molecule has 0 fully saturated rings. The highest BCUT2D eigenvalue weighted by Crippen LogP contribution is 2.28. The van der Waals surface area contributed by atoms with Crippen molar-refractivity contribution in [3.63, 3.8) is 0 Å². The molecule has 0 aliphatic carbocycles. The molecule has 0 unspecified atom stereocenters. The summed E-state index contributed by atoms with van der Waals surface area (Å²) in [7, 11) is 0. The van der Waals surface area contributed by atoms with Crippen molar-refractivity contribution in [3.05, 3.63) is 95.1 Å². The molecule has 35 heavy (non-hydrogen) atoms. The van der Waals surface area contributed by atoms with Gasteiger partial charge in [0, 0.05) is 37.6 Å². The summed E-state index contributed by atoms with van der Waals surface area (Å²) in [5, 5.41) is 8.46. The molecule has 1 heterocycles. The summed E-state index contributed by atoms with van der Waals surface area (Å²) in [5.74, 6) is -0.733. The second-order valence-electron chi connectivity index (χ2n) is 8.47. The van der Waals surface area contributed by atoms with E-state index in [2.05, 4.69) is 9.97 Å². The maximum Gasteiger partial charge on any atom is 0.243 e. The molecule has 0 aliphatic rings. The number of carbonyl (C=O) groups is 2. The third-order valence-electron chi connectivity index (χ3n) is 5.89. The van der Waals surface area contributed by atoms with E-state index in [0.29, 0.717) is 37.1 Å². The van der Waals surface area contributed by atoms with Crippen molar-refractivity contribution in [2.45, 2.75) is 57.3 Å². The van der Waals surface area contributed by atoms with E-state index in [-0.39, 0.29) is 29.2 Å². The molecule has 0 radical (unpaired) electrons. The van der Waals surface area contributed by atoms with E-state index in [9.17, 15) is 18.4 Å². The van der Waals surface area contributed by atoms with Crippen LogP contribution in [0.3, 0.4) is 0 Å². The zero-order chi connectivity index (χ0) is 25.0. The predicted molar refractivity (Wildman–Crippen MR) is 127 cm³/mol. The van der Waals surface area contributed by atoms with Crippen molar-refractivity contribution >= 4 is 11.7 Å². The quantitative estimate of drug-likeness (QED) is 0.145. The van der Waals surface area contributed by atoms with E-state index in [0.717, 1.165) is 36.8 Å². The first-order valence-electron chi connectivity index (χ1n) is 11.7. The Bertz CT molecular complexity index is 1040. The first-order valence-corrected chi connectivity index (χ1v) is 11.7. The summed E-state index contributed by atoms with van der Waals surface area (Å²) in [6.45, 7) is 0. The van der Waals surface area contributed by atoms with Crippen LogP contribution in [0.1, 0.15) is 78.2 Å². The Kier molecular flexibility index (Phi) is 9.98. The van der Waals surface area contributed by atoms with Gasteiger partial charge in [0.1, 0.15) is 17.5 Å². The Morgan fingerprint density at radius 2 is 1.26 bits per heavy atom. The topological polar surface area (TPSA) is 92.2 Å². The molecule has 2 aromatic carbocycles. The molecule has 0 spiro atoms. The normalized spacial score (nSPS) is 11.0. The number of carbonyl (C=O) groups excluding carboxylic acids is 2. The number of halogens is 2. The van der Waals surface area contributed by atoms with Crippen molar-refractivity contribution < 1.29 is 23.6 Å². The highest BCUT2D eigenvalue weighted by molar-refractivity contribution is 5.95. The molecule has 0 saturated carbocycles. The summed E-state index contributed by atoms with van der Waals surface area (Å²) in [4.78, 5) is 32.2. The van der Waals surface area contributed by atoms with E-state index in [1.807, 2.05) is 0 Å². The number of rotatable bonds is 13. The Hall–Kier alpha value is -3.52. The summed E-state index contributed by atoms with van der Waals surface area (Å²) in [5.41, 5.74) is 3.78. The number of nitrogens with one attached hydrogen (secondary N) is 1. The minimum Gasteiger partial charge on any atom is -0.294 e. The van der Waals surface area contributed by atoms with Crippen LogP contribution in [0.5, 0.6) is 0 Å². The van der Waals surface area contributed by atoms with Crippen LogP contribution < -0.4 is 5.48 Å². The van der Waals surface area contributed by atoms with Crippen LogP contribution in [-0.2, 0) is 11.2 Å². The molecule has 3 aromatic rings. The number of hydrogen-bond donors (Lipinski definition) is 2. The van der Waals surface area contributed by atoms with Gasteiger partial charge >= 0.3 is 0 Å². The molecule has 0 aliphatic heterocycles. The Balaban J connectivity index is 1.55. The van der Waals surface area contributed by atoms with Gasteiger partial charge in [0.2, 0.25) is 5.91 Å². The minimum atomic E-state index is -0.384. The van der Waals surface area contributed by atoms with Crippen molar-refractivity contribution in [1.82, 2.24) is 15.4 Å². The summed E-state index contributed by atoms with van der Waals surface area (Å²) < 4.78 is 26.9. The lowest BCUT2D eigenvalue weighted by Crippen LogP contribution is -2.17. The molecule has 0 atom stereocenters. The Morgan fingerprint density at radius 1 is 0.771 bits per heavy atom. The third kappa shape index (κ3) is 8.33. The molecular formula is C27H29F2N3O3. The molecular weight excluding hydrogens is 452 g/mol. The lowest BCUT2D eigenvalue weighted by molar-refractivity contribution is -0.129. The Labute approximate surface area is 203 Å².